The minimum absolute atomic E-state index is 0.747. The predicted molar refractivity (Wildman–Crippen MR) is 69.8 cm³/mol. The molecule has 0 aromatic carbocycles. The van der Waals surface area contributed by atoms with Crippen LogP contribution < -0.4 is 5.73 Å². The Morgan fingerprint density at radius 1 is 0.733 bits per heavy atom. The van der Waals surface area contributed by atoms with Gasteiger partial charge in [0.15, 0.2) is 0 Å². The molecular weight excluding hydrogens is 182 g/mol. The fraction of sp³-hybridized carbons (Fsp3) is 0.929. The maximum Gasteiger partial charge on any atom is -0.00457 e. The van der Waals surface area contributed by atoms with Crippen LogP contribution in [0.4, 0.5) is 0 Å². The first kappa shape index (κ1) is 15.0. The normalized spacial score (nSPS) is 10.8. The Bertz CT molecular complexity index is 89.5. The average molecular weight is 212 g/mol. The molecule has 0 heterocycles. The van der Waals surface area contributed by atoms with Crippen LogP contribution in [0.25, 0.3) is 0 Å². The molecule has 1 nitrogen and oxygen atoms in total. The van der Waals surface area contributed by atoms with Crippen LogP contribution in [0.1, 0.15) is 77.6 Å². The molecule has 0 rings (SSSR count). The molecular formula is C14H30N. The van der Waals surface area contributed by atoms with Crippen molar-refractivity contribution in [1.82, 2.24) is 0 Å². The van der Waals surface area contributed by atoms with Gasteiger partial charge in [0, 0.05) is 0 Å². The lowest BCUT2D eigenvalue weighted by atomic mass is 10.1. The van der Waals surface area contributed by atoms with E-state index < -0.39 is 0 Å². The third kappa shape index (κ3) is 14.0. The van der Waals surface area contributed by atoms with E-state index >= 15 is 0 Å². The largest absolute Gasteiger partial charge is 0.330 e. The van der Waals surface area contributed by atoms with E-state index in [2.05, 4.69) is 13.3 Å². The lowest BCUT2D eigenvalue weighted by Crippen LogP contribution is -1.98. The van der Waals surface area contributed by atoms with Gasteiger partial charge in [0.05, 0.1) is 0 Å². The van der Waals surface area contributed by atoms with Crippen LogP contribution in [0.3, 0.4) is 0 Å². The Morgan fingerprint density at radius 2 is 1.20 bits per heavy atom. The number of hydrogen-bond donors (Lipinski definition) is 1. The summed E-state index contributed by atoms with van der Waals surface area (Å²) in [7, 11) is 0. The fourth-order valence-corrected chi connectivity index (χ4v) is 1.89. The van der Waals surface area contributed by atoms with Crippen LogP contribution in [-0.2, 0) is 0 Å². The second-order valence-electron chi connectivity index (χ2n) is 4.50. The van der Waals surface area contributed by atoms with Crippen molar-refractivity contribution in [3.05, 3.63) is 6.42 Å². The standard InChI is InChI=1S/C14H30N/c1-2-3-4-5-6-7-8-9-10-11-12-13-14-15/h13H,2-12,14-15H2,1H3. The zero-order chi connectivity index (χ0) is 11.2. The van der Waals surface area contributed by atoms with Gasteiger partial charge in [-0.05, 0) is 19.4 Å². The SMILES string of the molecule is CCCCCCCCCCCC[CH]CN. The van der Waals surface area contributed by atoms with E-state index in [4.69, 9.17) is 5.73 Å². The highest BCUT2D eigenvalue weighted by Gasteiger charge is 1.92. The molecule has 1 heteroatoms. The second kappa shape index (κ2) is 14.0. The van der Waals surface area contributed by atoms with Gasteiger partial charge in [-0.25, -0.2) is 0 Å². The van der Waals surface area contributed by atoms with Crippen molar-refractivity contribution in [2.45, 2.75) is 77.6 Å². The topological polar surface area (TPSA) is 26.0 Å². The molecule has 0 saturated carbocycles. The van der Waals surface area contributed by atoms with Crippen molar-refractivity contribution < 1.29 is 0 Å². The summed E-state index contributed by atoms with van der Waals surface area (Å²) < 4.78 is 0. The van der Waals surface area contributed by atoms with Gasteiger partial charge in [-0.2, -0.15) is 0 Å². The summed E-state index contributed by atoms with van der Waals surface area (Å²) in [5.41, 5.74) is 5.39. The molecule has 15 heavy (non-hydrogen) atoms. The summed E-state index contributed by atoms with van der Waals surface area (Å²) in [4.78, 5) is 0. The number of unbranched alkanes of at least 4 members (excludes halogenated alkanes) is 11. The molecule has 0 saturated heterocycles. The first-order valence-corrected chi connectivity index (χ1v) is 6.93. The minimum Gasteiger partial charge on any atom is -0.330 e. The molecule has 0 bridgehead atoms. The van der Waals surface area contributed by atoms with Crippen molar-refractivity contribution in [3.8, 4) is 0 Å². The van der Waals surface area contributed by atoms with Crippen molar-refractivity contribution in [3.63, 3.8) is 0 Å². The van der Waals surface area contributed by atoms with Crippen molar-refractivity contribution in [2.75, 3.05) is 6.54 Å². The van der Waals surface area contributed by atoms with E-state index in [0.717, 1.165) is 6.54 Å². The minimum atomic E-state index is 0.747. The van der Waals surface area contributed by atoms with Crippen LogP contribution in [0.15, 0.2) is 0 Å². The smallest absolute Gasteiger partial charge is 0.00457 e. The van der Waals surface area contributed by atoms with Crippen LogP contribution in [0.5, 0.6) is 0 Å². The fourth-order valence-electron chi connectivity index (χ4n) is 1.89. The molecule has 0 spiro atoms. The van der Waals surface area contributed by atoms with Gasteiger partial charge >= 0.3 is 0 Å². The summed E-state index contributed by atoms with van der Waals surface area (Å²) in [6.45, 7) is 3.02. The lowest BCUT2D eigenvalue weighted by Gasteiger charge is -2.01. The maximum atomic E-state index is 5.39. The Morgan fingerprint density at radius 3 is 1.67 bits per heavy atom. The maximum absolute atomic E-state index is 5.39. The van der Waals surface area contributed by atoms with Gasteiger partial charge in [0.25, 0.3) is 0 Å². The second-order valence-corrected chi connectivity index (χ2v) is 4.50. The summed E-state index contributed by atoms with van der Waals surface area (Å²) in [6, 6.07) is 0. The Labute approximate surface area is 96.8 Å². The zero-order valence-electron chi connectivity index (χ0n) is 10.6. The van der Waals surface area contributed by atoms with Gasteiger partial charge in [-0.3, -0.25) is 0 Å². The van der Waals surface area contributed by atoms with Gasteiger partial charge in [0.1, 0.15) is 0 Å². The van der Waals surface area contributed by atoms with Crippen LogP contribution in [0.2, 0.25) is 0 Å². The van der Waals surface area contributed by atoms with E-state index in [-0.39, 0.29) is 0 Å². The molecule has 0 unspecified atom stereocenters. The van der Waals surface area contributed by atoms with E-state index in [1.165, 1.54) is 70.6 Å². The molecule has 0 aromatic rings. The summed E-state index contributed by atoms with van der Waals surface area (Å²) in [5, 5.41) is 0. The molecule has 2 N–H and O–H groups in total. The molecule has 0 aromatic heterocycles. The van der Waals surface area contributed by atoms with Crippen LogP contribution >= 0.6 is 0 Å². The molecule has 0 aliphatic carbocycles. The van der Waals surface area contributed by atoms with E-state index in [0.29, 0.717) is 0 Å². The number of nitrogens with two attached hydrogens (primary N) is 1. The van der Waals surface area contributed by atoms with Crippen molar-refractivity contribution in [1.29, 1.82) is 0 Å². The molecule has 0 fully saturated rings. The molecule has 0 atom stereocenters. The van der Waals surface area contributed by atoms with Crippen LogP contribution in [-0.4, -0.2) is 6.54 Å². The number of hydrogen-bond acceptors (Lipinski definition) is 1. The average Bonchev–Trinajstić information content (AvgIpc) is 2.26. The summed E-state index contributed by atoms with van der Waals surface area (Å²) in [6.07, 6.45) is 17.6. The van der Waals surface area contributed by atoms with E-state index in [1.54, 1.807) is 0 Å². The summed E-state index contributed by atoms with van der Waals surface area (Å²) >= 11 is 0. The van der Waals surface area contributed by atoms with Crippen molar-refractivity contribution in [2.24, 2.45) is 5.73 Å². The molecule has 0 amide bonds. The molecule has 91 valence electrons. The monoisotopic (exact) mass is 212 g/mol. The Hall–Kier alpha value is -0.0400. The highest BCUT2D eigenvalue weighted by atomic mass is 14.5. The van der Waals surface area contributed by atoms with Gasteiger partial charge in [-0.15, -0.1) is 0 Å². The van der Waals surface area contributed by atoms with Gasteiger partial charge in [0.2, 0.25) is 0 Å². The van der Waals surface area contributed by atoms with Gasteiger partial charge in [-0.1, -0.05) is 71.1 Å². The summed E-state index contributed by atoms with van der Waals surface area (Å²) in [5.74, 6) is 0. The van der Waals surface area contributed by atoms with Crippen LogP contribution in [0, 0.1) is 6.42 Å². The Kier molecular flexibility index (Phi) is 13.9. The lowest BCUT2D eigenvalue weighted by molar-refractivity contribution is 0.555. The van der Waals surface area contributed by atoms with Crippen molar-refractivity contribution >= 4 is 0 Å². The van der Waals surface area contributed by atoms with E-state index in [9.17, 15) is 0 Å². The van der Waals surface area contributed by atoms with Gasteiger partial charge < -0.3 is 5.73 Å². The highest BCUT2D eigenvalue weighted by Crippen LogP contribution is 2.11. The molecule has 0 aliphatic rings. The predicted octanol–water partition coefficient (Wildman–Crippen LogP) is 4.46. The van der Waals surface area contributed by atoms with E-state index in [1.807, 2.05) is 0 Å². The Balaban J connectivity index is 2.81. The quantitative estimate of drug-likeness (QED) is 0.475. The number of rotatable bonds is 12. The third-order valence-corrected chi connectivity index (χ3v) is 2.93. The highest BCUT2D eigenvalue weighted by molar-refractivity contribution is 4.64. The first-order valence-electron chi connectivity index (χ1n) is 6.93. The first-order chi connectivity index (χ1) is 7.41. The third-order valence-electron chi connectivity index (χ3n) is 2.93. The molecule has 0 aliphatic heterocycles. The molecule has 1 radical (unpaired) electrons. The zero-order valence-corrected chi connectivity index (χ0v) is 10.6.